The lowest BCUT2D eigenvalue weighted by molar-refractivity contribution is -0.117. The number of methoxy groups -OCH3 is 1. The Kier molecular flexibility index (Phi) is 4.56. The molecule has 4 nitrogen and oxygen atoms in total. The van der Waals surface area contributed by atoms with E-state index in [1.54, 1.807) is 7.11 Å². The van der Waals surface area contributed by atoms with E-state index in [2.05, 4.69) is 29.7 Å². The van der Waals surface area contributed by atoms with Gasteiger partial charge in [0.15, 0.2) is 0 Å². The Bertz CT molecular complexity index is 866. The molecule has 0 aliphatic carbocycles. The largest absolute Gasteiger partial charge is 0.497 e. The van der Waals surface area contributed by atoms with Crippen molar-refractivity contribution in [3.8, 4) is 5.75 Å². The number of ether oxygens (including phenoxy) is 1. The van der Waals surface area contributed by atoms with Gasteiger partial charge in [-0.2, -0.15) is 0 Å². The fraction of sp³-hybridized carbons (Fsp3) is 0.250. The number of amides is 1. The van der Waals surface area contributed by atoms with Gasteiger partial charge in [-0.25, -0.2) is 0 Å². The first-order chi connectivity index (χ1) is 11.6. The lowest BCUT2D eigenvalue weighted by atomic mass is 10.1. The molecule has 24 heavy (non-hydrogen) atoms. The number of hydrogen-bond donors (Lipinski definition) is 1. The van der Waals surface area contributed by atoms with Crippen molar-refractivity contribution < 1.29 is 9.53 Å². The number of carbonyl (C=O) groups is 1. The molecule has 0 aliphatic heterocycles. The van der Waals surface area contributed by atoms with Crippen molar-refractivity contribution >= 4 is 16.8 Å². The summed E-state index contributed by atoms with van der Waals surface area (Å²) in [5.74, 6) is 0.471. The van der Waals surface area contributed by atoms with Gasteiger partial charge in [0.1, 0.15) is 5.75 Å². The minimum atomic E-state index is -0.314. The predicted molar refractivity (Wildman–Crippen MR) is 96.3 cm³/mol. The highest BCUT2D eigenvalue weighted by Crippen LogP contribution is 2.31. The van der Waals surface area contributed by atoms with Crippen LogP contribution in [-0.2, 0) is 24.2 Å². The van der Waals surface area contributed by atoms with E-state index >= 15 is 0 Å². The van der Waals surface area contributed by atoms with E-state index in [-0.39, 0.29) is 12.3 Å². The molecule has 1 heterocycles. The zero-order chi connectivity index (χ0) is 17.1. The maximum absolute atomic E-state index is 11.6. The number of hydrogen-bond acceptors (Lipinski definition) is 2. The van der Waals surface area contributed by atoms with E-state index in [9.17, 15) is 4.79 Å². The zero-order valence-electron chi connectivity index (χ0n) is 14.1. The van der Waals surface area contributed by atoms with Crippen LogP contribution in [0.5, 0.6) is 5.75 Å². The molecule has 0 unspecified atom stereocenters. The van der Waals surface area contributed by atoms with Crippen LogP contribution in [0.3, 0.4) is 0 Å². The van der Waals surface area contributed by atoms with Crippen LogP contribution in [-0.4, -0.2) is 17.6 Å². The molecule has 0 radical (unpaired) electrons. The summed E-state index contributed by atoms with van der Waals surface area (Å²) in [4.78, 5) is 11.6. The van der Waals surface area contributed by atoms with Crippen LogP contribution < -0.4 is 10.5 Å². The molecule has 0 saturated heterocycles. The van der Waals surface area contributed by atoms with Crippen LogP contribution in [0, 0.1) is 0 Å². The van der Waals surface area contributed by atoms with Crippen molar-refractivity contribution in [1.82, 2.24) is 4.57 Å². The summed E-state index contributed by atoms with van der Waals surface area (Å²) >= 11 is 0. The first-order valence-corrected chi connectivity index (χ1v) is 8.14. The molecule has 2 aromatic carbocycles. The number of aromatic nitrogens is 1. The summed E-state index contributed by atoms with van der Waals surface area (Å²) in [5, 5.41) is 1.04. The number of rotatable bonds is 6. The number of fused-ring (bicyclic) bond motifs is 1. The van der Waals surface area contributed by atoms with Gasteiger partial charge in [0.05, 0.1) is 13.5 Å². The second-order valence-electron chi connectivity index (χ2n) is 5.88. The molecule has 0 atom stereocenters. The Morgan fingerprint density at radius 1 is 1.17 bits per heavy atom. The summed E-state index contributed by atoms with van der Waals surface area (Å²) in [6.45, 7) is 2.88. The fourth-order valence-corrected chi connectivity index (χ4v) is 3.31. The molecule has 3 rings (SSSR count). The molecule has 1 amide bonds. The maximum Gasteiger partial charge on any atom is 0.221 e. The minimum absolute atomic E-state index is 0.245. The normalized spacial score (nSPS) is 10.9. The second-order valence-corrected chi connectivity index (χ2v) is 5.88. The molecule has 2 N–H and O–H groups in total. The van der Waals surface area contributed by atoms with E-state index in [4.69, 9.17) is 10.5 Å². The minimum Gasteiger partial charge on any atom is -0.497 e. The first kappa shape index (κ1) is 16.1. The van der Waals surface area contributed by atoms with E-state index in [0.29, 0.717) is 0 Å². The third-order valence-corrected chi connectivity index (χ3v) is 4.36. The van der Waals surface area contributed by atoms with Crippen molar-refractivity contribution in [3.63, 3.8) is 0 Å². The smallest absolute Gasteiger partial charge is 0.221 e. The van der Waals surface area contributed by atoms with Crippen LogP contribution in [0.25, 0.3) is 10.9 Å². The Labute approximate surface area is 141 Å². The monoisotopic (exact) mass is 322 g/mol. The van der Waals surface area contributed by atoms with Gasteiger partial charge >= 0.3 is 0 Å². The van der Waals surface area contributed by atoms with Gasteiger partial charge < -0.3 is 15.0 Å². The lowest BCUT2D eigenvalue weighted by Crippen LogP contribution is -2.15. The van der Waals surface area contributed by atoms with Gasteiger partial charge in [0.2, 0.25) is 5.91 Å². The van der Waals surface area contributed by atoms with Crippen LogP contribution in [0.1, 0.15) is 23.7 Å². The first-order valence-electron chi connectivity index (χ1n) is 8.14. The van der Waals surface area contributed by atoms with E-state index < -0.39 is 0 Å². The summed E-state index contributed by atoms with van der Waals surface area (Å²) in [6.07, 6.45) is 1.08. The second kappa shape index (κ2) is 6.79. The number of carbonyl (C=O) groups excluding carboxylic acids is 1. The number of nitrogens with zero attached hydrogens (tertiary/aromatic N) is 1. The van der Waals surface area contributed by atoms with Gasteiger partial charge in [0, 0.05) is 23.1 Å². The third-order valence-electron chi connectivity index (χ3n) is 4.36. The predicted octanol–water partition coefficient (Wildman–Crippen LogP) is 3.29. The standard InChI is InChI=1S/C20H22N2O2/c1-3-18-17(12-20(21)23)16-11-15(24-2)9-10-19(16)22(18)13-14-7-5-4-6-8-14/h4-11H,3,12-13H2,1-2H3,(H2,21,23). The van der Waals surface area contributed by atoms with Crippen LogP contribution in [0.15, 0.2) is 48.5 Å². The van der Waals surface area contributed by atoms with E-state index in [0.717, 1.165) is 40.9 Å². The molecule has 0 spiro atoms. The summed E-state index contributed by atoms with van der Waals surface area (Å²) in [5.41, 5.74) is 9.99. The Morgan fingerprint density at radius 2 is 1.92 bits per heavy atom. The molecule has 1 aromatic heterocycles. The van der Waals surface area contributed by atoms with Crippen molar-refractivity contribution in [3.05, 3.63) is 65.4 Å². The topological polar surface area (TPSA) is 57.3 Å². The molecule has 4 heteroatoms. The van der Waals surface area contributed by atoms with Gasteiger partial charge in [-0.05, 0) is 35.7 Å². The molecule has 0 aliphatic rings. The SMILES string of the molecule is CCc1c(CC(N)=O)c2cc(OC)ccc2n1Cc1ccccc1. The highest BCUT2D eigenvalue weighted by atomic mass is 16.5. The van der Waals surface area contributed by atoms with Crippen molar-refractivity contribution in [1.29, 1.82) is 0 Å². The molecule has 3 aromatic rings. The van der Waals surface area contributed by atoms with Crippen LogP contribution in [0.4, 0.5) is 0 Å². The van der Waals surface area contributed by atoms with Crippen molar-refractivity contribution in [2.24, 2.45) is 5.73 Å². The zero-order valence-corrected chi connectivity index (χ0v) is 14.1. The Balaban J connectivity index is 2.21. The molecular formula is C20H22N2O2. The third kappa shape index (κ3) is 3.00. The molecule has 0 fully saturated rings. The number of primary amides is 1. The van der Waals surface area contributed by atoms with Crippen molar-refractivity contribution in [2.75, 3.05) is 7.11 Å². The summed E-state index contributed by atoms with van der Waals surface area (Å²) in [6, 6.07) is 16.3. The Hall–Kier alpha value is -2.75. The summed E-state index contributed by atoms with van der Waals surface area (Å²) in [7, 11) is 1.65. The quantitative estimate of drug-likeness (QED) is 0.757. The van der Waals surface area contributed by atoms with Crippen molar-refractivity contribution in [2.45, 2.75) is 26.3 Å². The maximum atomic E-state index is 11.6. The van der Waals surface area contributed by atoms with Gasteiger partial charge in [0.25, 0.3) is 0 Å². The highest BCUT2D eigenvalue weighted by molar-refractivity contribution is 5.91. The lowest BCUT2D eigenvalue weighted by Gasteiger charge is -2.11. The van der Waals surface area contributed by atoms with E-state index in [1.807, 2.05) is 30.3 Å². The van der Waals surface area contributed by atoms with Crippen LogP contribution >= 0.6 is 0 Å². The van der Waals surface area contributed by atoms with Gasteiger partial charge in [-0.15, -0.1) is 0 Å². The van der Waals surface area contributed by atoms with Gasteiger partial charge in [-0.1, -0.05) is 37.3 Å². The molecule has 0 saturated carbocycles. The van der Waals surface area contributed by atoms with Gasteiger partial charge in [-0.3, -0.25) is 4.79 Å². The number of nitrogens with two attached hydrogens (primary N) is 1. The fourth-order valence-electron chi connectivity index (χ4n) is 3.31. The number of benzene rings is 2. The Morgan fingerprint density at radius 3 is 2.54 bits per heavy atom. The molecule has 124 valence electrons. The molecule has 0 bridgehead atoms. The van der Waals surface area contributed by atoms with E-state index in [1.165, 1.54) is 5.56 Å². The summed E-state index contributed by atoms with van der Waals surface area (Å²) < 4.78 is 7.64. The average Bonchev–Trinajstić information content (AvgIpc) is 2.87. The highest BCUT2D eigenvalue weighted by Gasteiger charge is 2.18. The van der Waals surface area contributed by atoms with Crippen LogP contribution in [0.2, 0.25) is 0 Å². The average molecular weight is 322 g/mol. The molecular weight excluding hydrogens is 300 g/mol.